The largest absolute Gasteiger partial charge is 0.457 e. The van der Waals surface area contributed by atoms with Gasteiger partial charge >= 0.3 is 0 Å². The lowest BCUT2D eigenvalue weighted by atomic mass is 9.98. The minimum Gasteiger partial charge on any atom is -0.457 e. The quantitative estimate of drug-likeness (QED) is 0.179. The monoisotopic (exact) mass is 645 g/mol. The lowest BCUT2D eigenvalue weighted by Crippen LogP contribution is -1.95. The van der Waals surface area contributed by atoms with E-state index in [-0.39, 0.29) is 0 Å². The number of fused-ring (bicyclic) bond motifs is 12. The van der Waals surface area contributed by atoms with Crippen LogP contribution in [0, 0.1) is 20.8 Å². The number of hydrogen-bond donors (Lipinski definition) is 0. The SMILES string of the molecule is Cc1cc(C)c(-c2cn3c4cccnc4c4ccc(Oc5ccc6c7ccccc7n7c(-c8ccccc8)cnc7c6c5)cc4c3n2)c(C)c1. The smallest absolute Gasteiger partial charge is 0.146 e. The molecule has 50 heavy (non-hydrogen) atoms. The van der Waals surface area contributed by atoms with Crippen LogP contribution in [-0.2, 0) is 0 Å². The molecule has 0 unspecified atom stereocenters. The molecule has 0 aliphatic heterocycles. The molecule has 5 aromatic heterocycles. The predicted molar refractivity (Wildman–Crippen MR) is 203 cm³/mol. The molecule has 10 aromatic rings. The van der Waals surface area contributed by atoms with E-state index in [9.17, 15) is 0 Å². The van der Waals surface area contributed by atoms with Crippen LogP contribution in [0.25, 0.3) is 77.3 Å². The van der Waals surface area contributed by atoms with E-state index >= 15 is 0 Å². The highest BCUT2D eigenvalue weighted by Gasteiger charge is 2.18. The number of nitrogens with zero attached hydrogens (tertiary/aromatic N) is 5. The highest BCUT2D eigenvalue weighted by molar-refractivity contribution is 6.13. The Balaban J connectivity index is 1.15. The van der Waals surface area contributed by atoms with Gasteiger partial charge in [0.15, 0.2) is 0 Å². The van der Waals surface area contributed by atoms with Crippen LogP contribution < -0.4 is 4.74 Å². The molecule has 0 aliphatic carbocycles. The van der Waals surface area contributed by atoms with Gasteiger partial charge in [-0.15, -0.1) is 0 Å². The van der Waals surface area contributed by atoms with Gasteiger partial charge in [0, 0.05) is 45.1 Å². The summed E-state index contributed by atoms with van der Waals surface area (Å²) in [6.07, 6.45) is 5.96. The third-order valence-electron chi connectivity index (χ3n) is 9.91. The van der Waals surface area contributed by atoms with Crippen molar-refractivity contribution in [1.29, 1.82) is 0 Å². The lowest BCUT2D eigenvalue weighted by Gasteiger charge is -2.13. The van der Waals surface area contributed by atoms with Gasteiger partial charge in [-0.05, 0) is 91.9 Å². The van der Waals surface area contributed by atoms with Crippen molar-refractivity contribution in [3.8, 4) is 34.0 Å². The van der Waals surface area contributed by atoms with Crippen LogP contribution in [0.2, 0.25) is 0 Å². The molecule has 0 radical (unpaired) electrons. The Morgan fingerprint density at radius 1 is 0.580 bits per heavy atom. The van der Waals surface area contributed by atoms with E-state index in [0.29, 0.717) is 0 Å². The molecule has 0 saturated heterocycles. The zero-order valence-corrected chi connectivity index (χ0v) is 27.8. The summed E-state index contributed by atoms with van der Waals surface area (Å²) in [5.74, 6) is 1.47. The first-order valence-corrected chi connectivity index (χ1v) is 16.8. The lowest BCUT2D eigenvalue weighted by molar-refractivity contribution is 0.484. The average Bonchev–Trinajstić information content (AvgIpc) is 3.78. The number of aryl methyl sites for hydroxylation is 3. The molecule has 0 N–H and O–H groups in total. The second kappa shape index (κ2) is 10.7. The van der Waals surface area contributed by atoms with E-state index in [4.69, 9.17) is 19.7 Å². The molecule has 0 aliphatic rings. The van der Waals surface area contributed by atoms with Gasteiger partial charge in [0.25, 0.3) is 0 Å². The van der Waals surface area contributed by atoms with Crippen molar-refractivity contribution in [2.75, 3.05) is 0 Å². The molecule has 0 saturated carbocycles. The van der Waals surface area contributed by atoms with Crippen LogP contribution in [0.15, 0.2) is 134 Å². The van der Waals surface area contributed by atoms with E-state index in [1.165, 1.54) is 27.6 Å². The van der Waals surface area contributed by atoms with Gasteiger partial charge in [0.2, 0.25) is 0 Å². The first-order valence-electron chi connectivity index (χ1n) is 16.8. The number of benzene rings is 5. The van der Waals surface area contributed by atoms with Gasteiger partial charge < -0.3 is 4.74 Å². The third-order valence-corrected chi connectivity index (χ3v) is 9.91. The summed E-state index contributed by atoms with van der Waals surface area (Å²) in [5, 5.41) is 5.35. The molecule has 238 valence electrons. The summed E-state index contributed by atoms with van der Waals surface area (Å²) >= 11 is 0. The zero-order valence-electron chi connectivity index (χ0n) is 27.8. The van der Waals surface area contributed by atoms with Crippen molar-refractivity contribution in [1.82, 2.24) is 23.8 Å². The van der Waals surface area contributed by atoms with E-state index in [1.807, 2.05) is 36.7 Å². The van der Waals surface area contributed by atoms with Gasteiger partial charge in [-0.2, -0.15) is 0 Å². The van der Waals surface area contributed by atoms with Crippen LogP contribution in [0.5, 0.6) is 11.5 Å². The van der Waals surface area contributed by atoms with E-state index in [0.717, 1.165) is 77.8 Å². The van der Waals surface area contributed by atoms with Crippen molar-refractivity contribution in [3.05, 3.63) is 151 Å². The standard InChI is InChI=1S/C44H31N5O/c1-26-20-27(2)41(28(3)21-26)37-25-48-39-14-9-19-45-42(39)34-18-16-31(23-36(34)44(48)47-37)50-30-15-17-32-33-12-7-8-13-38(33)49-40(29-10-5-4-6-11-29)24-46-43(49)35(32)22-30/h4-25H,1-3H3. The Hall–Kier alpha value is -6.53. The van der Waals surface area contributed by atoms with Crippen LogP contribution >= 0.6 is 0 Å². The Morgan fingerprint density at radius 2 is 1.28 bits per heavy atom. The van der Waals surface area contributed by atoms with Gasteiger partial charge in [-0.25, -0.2) is 9.97 Å². The normalized spacial score (nSPS) is 11.9. The van der Waals surface area contributed by atoms with Crippen molar-refractivity contribution in [3.63, 3.8) is 0 Å². The molecular weight excluding hydrogens is 615 g/mol. The summed E-state index contributed by atoms with van der Waals surface area (Å²) in [5.41, 5.74) is 12.8. The molecule has 0 atom stereocenters. The van der Waals surface area contributed by atoms with E-state index < -0.39 is 0 Å². The molecule has 10 rings (SSSR count). The van der Waals surface area contributed by atoms with E-state index in [2.05, 4.69) is 127 Å². The summed E-state index contributed by atoms with van der Waals surface area (Å²) in [4.78, 5) is 15.0. The first kappa shape index (κ1) is 28.5. The highest BCUT2D eigenvalue weighted by Crippen LogP contribution is 2.38. The van der Waals surface area contributed by atoms with E-state index in [1.54, 1.807) is 0 Å². The maximum Gasteiger partial charge on any atom is 0.146 e. The summed E-state index contributed by atoms with van der Waals surface area (Å²) in [7, 11) is 0. The fraction of sp³-hybridized carbons (Fsp3) is 0.0682. The van der Waals surface area contributed by atoms with Crippen LogP contribution in [0.4, 0.5) is 0 Å². The second-order valence-corrected chi connectivity index (χ2v) is 13.2. The van der Waals surface area contributed by atoms with Crippen LogP contribution in [0.1, 0.15) is 16.7 Å². The number of para-hydroxylation sites is 1. The van der Waals surface area contributed by atoms with Crippen LogP contribution in [-0.4, -0.2) is 23.8 Å². The number of hydrogen-bond acceptors (Lipinski definition) is 4. The van der Waals surface area contributed by atoms with Crippen molar-refractivity contribution in [2.24, 2.45) is 0 Å². The average molecular weight is 646 g/mol. The second-order valence-electron chi connectivity index (χ2n) is 13.2. The number of pyridine rings is 3. The van der Waals surface area contributed by atoms with Gasteiger partial charge in [-0.1, -0.05) is 66.2 Å². The molecule has 6 nitrogen and oxygen atoms in total. The fourth-order valence-corrected chi connectivity index (χ4v) is 7.87. The number of imidazole rings is 2. The molecule has 5 aromatic carbocycles. The third kappa shape index (κ3) is 4.25. The Kier molecular flexibility index (Phi) is 6.12. The Bertz CT molecular complexity index is 2970. The maximum absolute atomic E-state index is 6.66. The van der Waals surface area contributed by atoms with Gasteiger partial charge in [0.1, 0.15) is 22.8 Å². The zero-order chi connectivity index (χ0) is 33.5. The number of rotatable bonds is 4. The molecule has 0 bridgehead atoms. The molecule has 5 heterocycles. The molecule has 0 amide bonds. The van der Waals surface area contributed by atoms with Crippen molar-refractivity contribution in [2.45, 2.75) is 20.8 Å². The van der Waals surface area contributed by atoms with Gasteiger partial charge in [0.05, 0.1) is 34.1 Å². The number of ether oxygens (including phenoxy) is 1. The minimum absolute atomic E-state index is 0.728. The Labute approximate surface area is 287 Å². The van der Waals surface area contributed by atoms with Crippen molar-refractivity contribution >= 4 is 54.8 Å². The predicted octanol–water partition coefficient (Wildman–Crippen LogP) is 11.0. The summed E-state index contributed by atoms with van der Waals surface area (Å²) in [6, 6.07) is 40.0. The fourth-order valence-electron chi connectivity index (χ4n) is 7.87. The molecule has 6 heteroatoms. The number of aromatic nitrogens is 5. The highest BCUT2D eigenvalue weighted by atomic mass is 16.5. The van der Waals surface area contributed by atoms with Crippen LogP contribution in [0.3, 0.4) is 0 Å². The maximum atomic E-state index is 6.66. The first-order chi connectivity index (χ1) is 24.5. The molecule has 0 spiro atoms. The molecular formula is C44H31N5O. The Morgan fingerprint density at radius 3 is 2.08 bits per heavy atom. The summed E-state index contributed by atoms with van der Waals surface area (Å²) < 4.78 is 11.1. The minimum atomic E-state index is 0.728. The van der Waals surface area contributed by atoms with Gasteiger partial charge in [-0.3, -0.25) is 13.8 Å². The topological polar surface area (TPSA) is 56.7 Å². The van der Waals surface area contributed by atoms with Crippen molar-refractivity contribution < 1.29 is 4.74 Å². The molecule has 0 fully saturated rings. The summed E-state index contributed by atoms with van der Waals surface area (Å²) in [6.45, 7) is 6.46.